The van der Waals surface area contributed by atoms with Gasteiger partial charge in [0, 0.05) is 29.9 Å². The van der Waals surface area contributed by atoms with Gasteiger partial charge in [-0.1, -0.05) is 43.2 Å². The highest BCUT2D eigenvalue weighted by Gasteiger charge is 2.08. The summed E-state index contributed by atoms with van der Waals surface area (Å²) >= 11 is 7.79. The number of nitrogens with zero attached hydrogens (tertiary/aromatic N) is 2. The van der Waals surface area contributed by atoms with E-state index in [1.54, 1.807) is 18.5 Å². The van der Waals surface area contributed by atoms with Gasteiger partial charge in [0.05, 0.1) is 11.4 Å². The molecule has 30 heavy (non-hydrogen) atoms. The van der Waals surface area contributed by atoms with E-state index in [1.165, 1.54) is 16.9 Å². The Morgan fingerprint density at radius 3 is 2.83 bits per heavy atom. The maximum absolute atomic E-state index is 12.0. The minimum Gasteiger partial charge on any atom is -0.437 e. The van der Waals surface area contributed by atoms with Gasteiger partial charge in [0.25, 0.3) is 0 Å². The highest BCUT2D eigenvalue weighted by Crippen LogP contribution is 2.29. The number of halogens is 1. The summed E-state index contributed by atoms with van der Waals surface area (Å²) in [4.78, 5) is 20.5. The molecule has 5 nitrogen and oxygen atoms in total. The number of benzene rings is 1. The van der Waals surface area contributed by atoms with Gasteiger partial charge < -0.3 is 10.1 Å². The standard InChI is InChI=1S/C23H24ClN3O2S/c1-3-4-17-7-9-20(19(24)13-17)29-22-10-8-18(15-26-22)6-5-16(2)27-21(28)14-23-25-11-12-30-23/h5-13,15-16H,3-4,14H2,1-2H3,(H,27,28)/b6-5+/t16-/m0/s1. The Labute approximate surface area is 185 Å². The lowest BCUT2D eigenvalue weighted by atomic mass is 10.1. The van der Waals surface area contributed by atoms with E-state index in [0.29, 0.717) is 23.1 Å². The maximum Gasteiger partial charge on any atom is 0.227 e. The van der Waals surface area contributed by atoms with Crippen LogP contribution in [0.3, 0.4) is 0 Å². The molecule has 0 fully saturated rings. The fraction of sp³-hybridized carbons (Fsp3) is 0.261. The van der Waals surface area contributed by atoms with Crippen LogP contribution in [0.15, 0.2) is 54.2 Å². The van der Waals surface area contributed by atoms with Gasteiger partial charge in [-0.3, -0.25) is 4.79 Å². The Hall–Kier alpha value is -2.70. The molecule has 2 aromatic heterocycles. The van der Waals surface area contributed by atoms with Gasteiger partial charge in [-0.15, -0.1) is 11.3 Å². The normalized spacial score (nSPS) is 12.1. The number of hydrogen-bond donors (Lipinski definition) is 1. The number of thiazole rings is 1. The largest absolute Gasteiger partial charge is 0.437 e. The van der Waals surface area contributed by atoms with Gasteiger partial charge >= 0.3 is 0 Å². The molecule has 0 saturated carbocycles. The molecule has 1 aromatic carbocycles. The number of amides is 1. The van der Waals surface area contributed by atoms with E-state index < -0.39 is 0 Å². The van der Waals surface area contributed by atoms with Crippen molar-refractivity contribution in [3.63, 3.8) is 0 Å². The van der Waals surface area contributed by atoms with E-state index in [9.17, 15) is 4.79 Å². The first kappa shape index (κ1) is 22.0. The summed E-state index contributed by atoms with van der Waals surface area (Å²) in [5, 5.41) is 6.18. The average molecular weight is 442 g/mol. The van der Waals surface area contributed by atoms with Crippen molar-refractivity contribution in [1.29, 1.82) is 0 Å². The molecule has 1 atom stereocenters. The van der Waals surface area contributed by atoms with E-state index in [2.05, 4.69) is 22.2 Å². The number of rotatable bonds is 9. The molecule has 1 N–H and O–H groups in total. The number of carbonyl (C=O) groups excluding carboxylic acids is 1. The molecule has 2 heterocycles. The molecule has 3 aromatic rings. The van der Waals surface area contributed by atoms with Crippen LogP contribution < -0.4 is 10.1 Å². The van der Waals surface area contributed by atoms with E-state index in [-0.39, 0.29) is 11.9 Å². The van der Waals surface area contributed by atoms with E-state index in [4.69, 9.17) is 16.3 Å². The molecule has 0 bridgehead atoms. The third-order valence-electron chi connectivity index (χ3n) is 4.27. The highest BCUT2D eigenvalue weighted by molar-refractivity contribution is 7.09. The molecule has 7 heteroatoms. The number of aryl methyl sites for hydroxylation is 1. The number of carbonyl (C=O) groups is 1. The van der Waals surface area contributed by atoms with Crippen molar-refractivity contribution in [2.75, 3.05) is 0 Å². The third kappa shape index (κ3) is 6.68. The molecule has 0 spiro atoms. The Bertz CT molecular complexity index is 988. The van der Waals surface area contributed by atoms with Crippen molar-refractivity contribution in [2.24, 2.45) is 0 Å². The number of nitrogens with one attached hydrogen (secondary N) is 1. The van der Waals surface area contributed by atoms with Crippen LogP contribution in [0.25, 0.3) is 6.08 Å². The summed E-state index contributed by atoms with van der Waals surface area (Å²) in [7, 11) is 0. The van der Waals surface area contributed by atoms with Crippen molar-refractivity contribution in [3.05, 3.63) is 75.3 Å². The SMILES string of the molecule is CCCc1ccc(Oc2ccc(/C=C/[C@H](C)NC(=O)Cc3nccs3)cn2)c(Cl)c1. The Morgan fingerprint density at radius 2 is 2.17 bits per heavy atom. The molecule has 156 valence electrons. The molecule has 0 unspecified atom stereocenters. The van der Waals surface area contributed by atoms with Crippen molar-refractivity contribution in [1.82, 2.24) is 15.3 Å². The minimum atomic E-state index is -0.103. The number of hydrogen-bond acceptors (Lipinski definition) is 5. The molecule has 0 saturated heterocycles. The fourth-order valence-electron chi connectivity index (χ4n) is 2.82. The van der Waals surface area contributed by atoms with Gasteiger partial charge in [-0.25, -0.2) is 9.97 Å². The quantitative estimate of drug-likeness (QED) is 0.462. The zero-order valence-corrected chi connectivity index (χ0v) is 18.5. The molecule has 0 aliphatic heterocycles. The third-order valence-corrected chi connectivity index (χ3v) is 5.34. The first-order valence-corrected chi connectivity index (χ1v) is 11.1. The first-order chi connectivity index (χ1) is 14.5. The summed E-state index contributed by atoms with van der Waals surface area (Å²) < 4.78 is 5.80. The zero-order chi connectivity index (χ0) is 21.3. The molecular formula is C23H24ClN3O2S. The highest BCUT2D eigenvalue weighted by atomic mass is 35.5. The second-order valence-corrected chi connectivity index (χ2v) is 8.25. The van der Waals surface area contributed by atoms with Gasteiger partial charge in [0.1, 0.15) is 10.8 Å². The monoisotopic (exact) mass is 441 g/mol. The van der Waals surface area contributed by atoms with Crippen LogP contribution in [-0.2, 0) is 17.6 Å². The maximum atomic E-state index is 12.0. The molecule has 0 radical (unpaired) electrons. The smallest absolute Gasteiger partial charge is 0.227 e. The molecule has 3 rings (SSSR count). The predicted molar refractivity (Wildman–Crippen MR) is 122 cm³/mol. The van der Waals surface area contributed by atoms with Crippen LogP contribution in [0.4, 0.5) is 0 Å². The molecule has 0 aliphatic carbocycles. The van der Waals surface area contributed by atoms with Crippen LogP contribution in [-0.4, -0.2) is 21.9 Å². The van der Waals surface area contributed by atoms with Crippen LogP contribution >= 0.6 is 22.9 Å². The fourth-order valence-corrected chi connectivity index (χ4v) is 3.68. The summed E-state index contributed by atoms with van der Waals surface area (Å²) in [6.07, 6.45) is 9.61. The van der Waals surface area contributed by atoms with Crippen molar-refractivity contribution >= 4 is 34.9 Å². The minimum absolute atomic E-state index is 0.0502. The number of ether oxygens (including phenoxy) is 1. The van der Waals surface area contributed by atoms with Gasteiger partial charge in [0.2, 0.25) is 11.8 Å². The number of aromatic nitrogens is 2. The van der Waals surface area contributed by atoms with E-state index in [0.717, 1.165) is 23.4 Å². The van der Waals surface area contributed by atoms with Crippen LogP contribution in [0, 0.1) is 0 Å². The summed E-state index contributed by atoms with van der Waals surface area (Å²) in [5.41, 5.74) is 2.10. The zero-order valence-electron chi connectivity index (χ0n) is 17.0. The van der Waals surface area contributed by atoms with Gasteiger partial charge in [-0.2, -0.15) is 0 Å². The van der Waals surface area contributed by atoms with Gasteiger partial charge in [-0.05, 0) is 42.7 Å². The van der Waals surface area contributed by atoms with Crippen LogP contribution in [0.1, 0.15) is 36.4 Å². The van der Waals surface area contributed by atoms with Crippen LogP contribution in [0.5, 0.6) is 11.6 Å². The molecular weight excluding hydrogens is 418 g/mol. The summed E-state index contributed by atoms with van der Waals surface area (Å²) in [6, 6.07) is 9.42. The Kier molecular flexibility index (Phi) is 7.99. The average Bonchev–Trinajstić information content (AvgIpc) is 3.22. The Morgan fingerprint density at radius 1 is 1.30 bits per heavy atom. The van der Waals surface area contributed by atoms with Crippen LogP contribution in [0.2, 0.25) is 5.02 Å². The van der Waals surface area contributed by atoms with Gasteiger partial charge in [0.15, 0.2) is 0 Å². The Balaban J connectivity index is 1.53. The van der Waals surface area contributed by atoms with E-state index >= 15 is 0 Å². The lowest BCUT2D eigenvalue weighted by Gasteiger charge is -2.09. The summed E-state index contributed by atoms with van der Waals surface area (Å²) in [5.74, 6) is 1.01. The van der Waals surface area contributed by atoms with Crippen molar-refractivity contribution in [2.45, 2.75) is 39.2 Å². The summed E-state index contributed by atoms with van der Waals surface area (Å²) in [6.45, 7) is 4.06. The lowest BCUT2D eigenvalue weighted by Crippen LogP contribution is -2.32. The lowest BCUT2D eigenvalue weighted by molar-refractivity contribution is -0.120. The molecule has 1 amide bonds. The second kappa shape index (κ2) is 10.9. The van der Waals surface area contributed by atoms with Crippen molar-refractivity contribution < 1.29 is 9.53 Å². The predicted octanol–water partition coefficient (Wildman–Crippen LogP) is 5.70. The topological polar surface area (TPSA) is 64.1 Å². The first-order valence-electron chi connectivity index (χ1n) is 9.81. The number of pyridine rings is 1. The van der Waals surface area contributed by atoms with E-state index in [1.807, 2.05) is 48.7 Å². The second-order valence-electron chi connectivity index (χ2n) is 6.86. The molecule has 0 aliphatic rings. The van der Waals surface area contributed by atoms with Crippen molar-refractivity contribution in [3.8, 4) is 11.6 Å².